The van der Waals surface area contributed by atoms with Crippen LogP contribution in [0.15, 0.2) is 29.1 Å². The van der Waals surface area contributed by atoms with Gasteiger partial charge in [0.15, 0.2) is 5.82 Å². The van der Waals surface area contributed by atoms with E-state index in [0.717, 1.165) is 0 Å². The molecule has 8 nitrogen and oxygen atoms in total. The van der Waals surface area contributed by atoms with Gasteiger partial charge in [-0.05, 0) is 18.2 Å². The molecule has 0 saturated heterocycles. The maximum absolute atomic E-state index is 11.7. The van der Waals surface area contributed by atoms with Gasteiger partial charge in [0, 0.05) is 13.0 Å². The maximum atomic E-state index is 11.7. The van der Waals surface area contributed by atoms with Crippen molar-refractivity contribution in [2.24, 2.45) is 0 Å². The summed E-state index contributed by atoms with van der Waals surface area (Å²) in [5.74, 6) is -0.604. The Kier molecular flexibility index (Phi) is 4.72. The standard InChI is InChI=1S/C12H11ClN4O4/c13-8-5-7(11(18)19)1-2-9(8)16-12(20)14-4-3-10-15-6-21-17-10/h1-2,5-6H,3-4H2,(H,18,19)(H2,14,16,20). The van der Waals surface area contributed by atoms with Crippen LogP contribution < -0.4 is 10.6 Å². The normalized spacial score (nSPS) is 10.1. The topological polar surface area (TPSA) is 117 Å². The van der Waals surface area contributed by atoms with Crippen LogP contribution in [-0.2, 0) is 6.42 Å². The molecule has 0 aliphatic rings. The number of aromatic carboxylic acids is 1. The summed E-state index contributed by atoms with van der Waals surface area (Å²) in [7, 11) is 0. The van der Waals surface area contributed by atoms with Gasteiger partial charge in [0.2, 0.25) is 6.39 Å². The first-order chi connectivity index (χ1) is 10.1. The zero-order valence-electron chi connectivity index (χ0n) is 10.7. The quantitative estimate of drug-likeness (QED) is 0.775. The van der Waals surface area contributed by atoms with Crippen molar-refractivity contribution in [1.29, 1.82) is 0 Å². The van der Waals surface area contributed by atoms with E-state index in [1.807, 2.05) is 0 Å². The number of urea groups is 1. The van der Waals surface area contributed by atoms with Crippen molar-refractivity contribution in [2.75, 3.05) is 11.9 Å². The predicted molar refractivity (Wildman–Crippen MR) is 73.4 cm³/mol. The molecule has 1 heterocycles. The number of carboxylic acid groups (broad SMARTS) is 1. The lowest BCUT2D eigenvalue weighted by Crippen LogP contribution is -2.30. The molecule has 2 rings (SSSR count). The van der Waals surface area contributed by atoms with Gasteiger partial charge in [-0.1, -0.05) is 16.8 Å². The molecule has 1 aromatic carbocycles. The summed E-state index contributed by atoms with van der Waals surface area (Å²) in [6.45, 7) is 0.316. The Morgan fingerprint density at radius 1 is 1.38 bits per heavy atom. The molecule has 21 heavy (non-hydrogen) atoms. The van der Waals surface area contributed by atoms with E-state index in [2.05, 4.69) is 25.3 Å². The monoisotopic (exact) mass is 310 g/mol. The molecule has 0 unspecified atom stereocenters. The van der Waals surface area contributed by atoms with E-state index < -0.39 is 12.0 Å². The van der Waals surface area contributed by atoms with Crippen molar-refractivity contribution in [1.82, 2.24) is 15.5 Å². The highest BCUT2D eigenvalue weighted by molar-refractivity contribution is 6.34. The van der Waals surface area contributed by atoms with E-state index in [0.29, 0.717) is 24.5 Å². The number of aromatic nitrogens is 2. The molecule has 0 fully saturated rings. The van der Waals surface area contributed by atoms with Crippen LogP contribution in [-0.4, -0.2) is 33.8 Å². The first-order valence-corrected chi connectivity index (χ1v) is 6.27. The largest absolute Gasteiger partial charge is 0.478 e. The van der Waals surface area contributed by atoms with E-state index in [9.17, 15) is 9.59 Å². The third kappa shape index (κ3) is 4.18. The highest BCUT2D eigenvalue weighted by Gasteiger charge is 2.09. The molecule has 2 amide bonds. The van der Waals surface area contributed by atoms with E-state index in [-0.39, 0.29) is 10.6 Å². The summed E-state index contributed by atoms with van der Waals surface area (Å²) in [5.41, 5.74) is 0.363. The van der Waals surface area contributed by atoms with Gasteiger partial charge in [-0.3, -0.25) is 0 Å². The fourth-order valence-electron chi connectivity index (χ4n) is 1.51. The number of nitrogens with one attached hydrogen (secondary N) is 2. The number of hydrogen-bond donors (Lipinski definition) is 3. The fraction of sp³-hybridized carbons (Fsp3) is 0.167. The summed E-state index contributed by atoms with van der Waals surface area (Å²) in [6, 6.07) is 3.57. The molecule has 0 bridgehead atoms. The van der Waals surface area contributed by atoms with Gasteiger partial charge in [0.1, 0.15) is 0 Å². The van der Waals surface area contributed by atoms with E-state index in [1.165, 1.54) is 24.6 Å². The number of amides is 2. The summed E-state index contributed by atoms with van der Waals surface area (Å²) in [4.78, 5) is 26.2. The van der Waals surface area contributed by atoms with Gasteiger partial charge in [-0.2, -0.15) is 4.98 Å². The SMILES string of the molecule is O=C(NCCc1ncon1)Nc1ccc(C(=O)O)cc1Cl. The second-order valence-electron chi connectivity index (χ2n) is 3.98. The molecule has 0 radical (unpaired) electrons. The Morgan fingerprint density at radius 3 is 2.81 bits per heavy atom. The third-order valence-corrected chi connectivity index (χ3v) is 2.82. The Morgan fingerprint density at radius 2 is 2.19 bits per heavy atom. The van der Waals surface area contributed by atoms with Gasteiger partial charge in [0.25, 0.3) is 0 Å². The summed E-state index contributed by atoms with van der Waals surface area (Å²) >= 11 is 5.89. The molecule has 9 heteroatoms. The van der Waals surface area contributed by atoms with Gasteiger partial charge < -0.3 is 20.3 Å². The first kappa shape index (κ1) is 14.8. The first-order valence-electron chi connectivity index (χ1n) is 5.89. The van der Waals surface area contributed by atoms with Crippen LogP contribution in [0.1, 0.15) is 16.2 Å². The van der Waals surface area contributed by atoms with Gasteiger partial charge in [-0.25, -0.2) is 9.59 Å². The molecule has 110 valence electrons. The van der Waals surface area contributed by atoms with Crippen LogP contribution in [0.4, 0.5) is 10.5 Å². The molecular formula is C12H11ClN4O4. The smallest absolute Gasteiger partial charge is 0.335 e. The lowest BCUT2D eigenvalue weighted by molar-refractivity contribution is 0.0697. The van der Waals surface area contributed by atoms with Crippen LogP contribution >= 0.6 is 11.6 Å². The molecule has 0 spiro atoms. The number of nitrogens with zero attached hydrogens (tertiary/aromatic N) is 2. The minimum Gasteiger partial charge on any atom is -0.478 e. The molecule has 1 aromatic heterocycles. The molecule has 0 saturated carbocycles. The third-order valence-electron chi connectivity index (χ3n) is 2.51. The highest BCUT2D eigenvalue weighted by Crippen LogP contribution is 2.22. The zero-order chi connectivity index (χ0) is 15.2. The average molecular weight is 311 g/mol. The highest BCUT2D eigenvalue weighted by atomic mass is 35.5. The molecule has 0 aliphatic carbocycles. The van der Waals surface area contributed by atoms with E-state index in [1.54, 1.807) is 0 Å². The Bertz CT molecular complexity index is 645. The van der Waals surface area contributed by atoms with Gasteiger partial charge >= 0.3 is 12.0 Å². The summed E-state index contributed by atoms with van der Waals surface area (Å²) in [6.07, 6.45) is 1.63. The maximum Gasteiger partial charge on any atom is 0.335 e. The number of halogens is 1. The molecular weight excluding hydrogens is 300 g/mol. The number of hydrogen-bond acceptors (Lipinski definition) is 5. The van der Waals surface area contributed by atoms with Gasteiger partial charge in [-0.15, -0.1) is 0 Å². The minimum atomic E-state index is -1.09. The number of anilines is 1. The van der Waals surface area contributed by atoms with Crippen molar-refractivity contribution < 1.29 is 19.2 Å². The van der Waals surface area contributed by atoms with Crippen molar-refractivity contribution in [3.8, 4) is 0 Å². The molecule has 0 atom stereocenters. The predicted octanol–water partition coefficient (Wildman–Crippen LogP) is 1.79. The van der Waals surface area contributed by atoms with E-state index in [4.69, 9.17) is 16.7 Å². The Balaban J connectivity index is 1.86. The lowest BCUT2D eigenvalue weighted by Gasteiger charge is -2.08. The average Bonchev–Trinajstić information content (AvgIpc) is 2.94. The van der Waals surface area contributed by atoms with Crippen molar-refractivity contribution in [3.63, 3.8) is 0 Å². The minimum absolute atomic E-state index is 0.0445. The molecule has 2 aromatic rings. The molecule has 0 aliphatic heterocycles. The van der Waals surface area contributed by atoms with Crippen LogP contribution in [0.5, 0.6) is 0 Å². The van der Waals surface area contributed by atoms with Crippen LogP contribution in [0.2, 0.25) is 5.02 Å². The van der Waals surface area contributed by atoms with Gasteiger partial charge in [0.05, 0.1) is 16.3 Å². The number of carbonyl (C=O) groups is 2. The van der Waals surface area contributed by atoms with Crippen LogP contribution in [0.25, 0.3) is 0 Å². The fourth-order valence-corrected chi connectivity index (χ4v) is 1.73. The summed E-state index contributed by atoms with van der Waals surface area (Å²) < 4.78 is 4.56. The van der Waals surface area contributed by atoms with Crippen LogP contribution in [0.3, 0.4) is 0 Å². The van der Waals surface area contributed by atoms with Crippen molar-refractivity contribution in [3.05, 3.63) is 41.0 Å². The number of carboxylic acids is 1. The number of benzene rings is 1. The van der Waals surface area contributed by atoms with Crippen molar-refractivity contribution in [2.45, 2.75) is 6.42 Å². The number of rotatable bonds is 5. The second-order valence-corrected chi connectivity index (χ2v) is 4.39. The number of carbonyl (C=O) groups excluding carboxylic acids is 1. The molecule has 3 N–H and O–H groups in total. The zero-order valence-corrected chi connectivity index (χ0v) is 11.4. The lowest BCUT2D eigenvalue weighted by atomic mass is 10.2. The van der Waals surface area contributed by atoms with Crippen molar-refractivity contribution >= 4 is 29.3 Å². The second kappa shape index (κ2) is 6.71. The van der Waals surface area contributed by atoms with E-state index >= 15 is 0 Å². The summed E-state index contributed by atoms with van der Waals surface area (Å²) in [5, 5.41) is 17.7. The Labute approximate surface area is 124 Å². The Hall–Kier alpha value is -2.61. The van der Waals surface area contributed by atoms with Crippen LogP contribution in [0, 0.1) is 0 Å².